The number of nitrogens with zero attached hydrogens (tertiary/aromatic N) is 1. The van der Waals surface area contributed by atoms with Gasteiger partial charge in [0.25, 0.3) is 0 Å². The number of pyridine rings is 1. The quantitative estimate of drug-likeness (QED) is 0.925. The molecule has 0 spiro atoms. The molecule has 0 fully saturated rings. The van der Waals surface area contributed by atoms with Crippen LogP contribution in [0.3, 0.4) is 0 Å². The molecule has 1 heterocycles. The maximum absolute atomic E-state index is 10.6. The van der Waals surface area contributed by atoms with E-state index in [2.05, 4.69) is 24.0 Å². The lowest BCUT2D eigenvalue weighted by atomic mass is 9.92. The Bertz CT molecular complexity index is 585. The van der Waals surface area contributed by atoms with Gasteiger partial charge < -0.3 is 9.84 Å². The van der Waals surface area contributed by atoms with Crippen molar-refractivity contribution in [3.8, 4) is 5.75 Å². The van der Waals surface area contributed by atoms with Gasteiger partial charge in [-0.3, -0.25) is 4.98 Å². The van der Waals surface area contributed by atoms with Crippen molar-refractivity contribution >= 4 is 0 Å². The van der Waals surface area contributed by atoms with Crippen LogP contribution in [0.15, 0.2) is 30.6 Å². The second-order valence-corrected chi connectivity index (χ2v) is 5.10. The number of hydrogen-bond acceptors (Lipinski definition) is 3. The molecule has 1 atom stereocenters. The molecule has 20 heavy (non-hydrogen) atoms. The summed E-state index contributed by atoms with van der Waals surface area (Å²) in [6.07, 6.45) is 2.67. The normalized spacial score (nSPS) is 12.2. The van der Waals surface area contributed by atoms with E-state index >= 15 is 0 Å². The summed E-state index contributed by atoms with van der Waals surface area (Å²) in [5.41, 5.74) is 5.10. The zero-order valence-electron chi connectivity index (χ0n) is 12.5. The predicted octanol–water partition coefficient (Wildman–Crippen LogP) is 3.49. The number of benzene rings is 1. The number of aromatic nitrogens is 1. The molecule has 1 aromatic carbocycles. The van der Waals surface area contributed by atoms with Gasteiger partial charge in [0.15, 0.2) is 0 Å². The van der Waals surface area contributed by atoms with Crippen LogP contribution in [0.2, 0.25) is 0 Å². The van der Waals surface area contributed by atoms with Gasteiger partial charge in [0, 0.05) is 11.8 Å². The highest BCUT2D eigenvalue weighted by Gasteiger charge is 2.16. The molecule has 0 saturated heterocycles. The van der Waals surface area contributed by atoms with Crippen molar-refractivity contribution < 1.29 is 9.84 Å². The Morgan fingerprint density at radius 1 is 1.10 bits per heavy atom. The molecule has 1 unspecified atom stereocenters. The van der Waals surface area contributed by atoms with Gasteiger partial charge in [-0.25, -0.2) is 0 Å². The Morgan fingerprint density at radius 2 is 1.75 bits per heavy atom. The molecule has 0 aliphatic rings. The van der Waals surface area contributed by atoms with E-state index in [1.807, 2.05) is 26.8 Å². The van der Waals surface area contributed by atoms with Gasteiger partial charge in [-0.05, 0) is 50.5 Å². The summed E-state index contributed by atoms with van der Waals surface area (Å²) in [5.74, 6) is 0.687. The Kier molecular flexibility index (Phi) is 4.40. The smallest absolute Gasteiger partial charge is 0.137 e. The predicted molar refractivity (Wildman–Crippen MR) is 80.1 cm³/mol. The molecule has 3 heteroatoms. The topological polar surface area (TPSA) is 42.4 Å². The highest BCUT2D eigenvalue weighted by molar-refractivity contribution is 5.43. The van der Waals surface area contributed by atoms with Gasteiger partial charge in [-0.15, -0.1) is 0 Å². The Balaban J connectivity index is 2.41. The molecule has 2 aromatic rings. The van der Waals surface area contributed by atoms with Crippen molar-refractivity contribution in [1.29, 1.82) is 0 Å². The summed E-state index contributed by atoms with van der Waals surface area (Å²) in [6, 6.07) is 6.02. The minimum atomic E-state index is -0.677. The van der Waals surface area contributed by atoms with Crippen LogP contribution >= 0.6 is 0 Å². The Hall–Kier alpha value is -1.87. The van der Waals surface area contributed by atoms with Crippen molar-refractivity contribution in [1.82, 2.24) is 4.98 Å². The molecule has 0 aliphatic heterocycles. The van der Waals surface area contributed by atoms with Crippen molar-refractivity contribution in [3.05, 3.63) is 58.4 Å². The SMILES string of the molecule is CCOc1cncc(C(O)c2c(C)cc(C)cc2C)c1. The molecule has 0 radical (unpaired) electrons. The summed E-state index contributed by atoms with van der Waals surface area (Å²) in [5, 5.41) is 10.6. The van der Waals surface area contributed by atoms with Crippen LogP contribution in [0, 0.1) is 20.8 Å². The van der Waals surface area contributed by atoms with E-state index in [-0.39, 0.29) is 0 Å². The fourth-order valence-electron chi connectivity index (χ4n) is 2.62. The molecular formula is C17H21NO2. The van der Waals surface area contributed by atoms with Crippen LogP contribution in [0.5, 0.6) is 5.75 Å². The van der Waals surface area contributed by atoms with E-state index in [1.165, 1.54) is 5.56 Å². The Morgan fingerprint density at radius 3 is 2.35 bits per heavy atom. The molecule has 0 saturated carbocycles. The lowest BCUT2D eigenvalue weighted by Gasteiger charge is -2.18. The van der Waals surface area contributed by atoms with E-state index < -0.39 is 6.10 Å². The summed E-state index contributed by atoms with van der Waals surface area (Å²) in [6.45, 7) is 8.63. The molecule has 0 amide bonds. The van der Waals surface area contributed by atoms with Gasteiger partial charge in [-0.2, -0.15) is 0 Å². The average Bonchev–Trinajstić information content (AvgIpc) is 2.38. The molecular weight excluding hydrogens is 250 g/mol. The van der Waals surface area contributed by atoms with Crippen LogP contribution < -0.4 is 4.74 Å². The van der Waals surface area contributed by atoms with Gasteiger partial charge in [0.05, 0.1) is 12.8 Å². The number of rotatable bonds is 4. The van der Waals surface area contributed by atoms with Crippen LogP contribution in [0.1, 0.15) is 40.8 Å². The monoisotopic (exact) mass is 271 g/mol. The van der Waals surface area contributed by atoms with Crippen LogP contribution in [-0.2, 0) is 0 Å². The third-order valence-corrected chi connectivity index (χ3v) is 3.37. The summed E-state index contributed by atoms with van der Waals surface area (Å²) >= 11 is 0. The zero-order chi connectivity index (χ0) is 14.7. The molecule has 0 aliphatic carbocycles. The highest BCUT2D eigenvalue weighted by atomic mass is 16.5. The molecule has 1 N–H and O–H groups in total. The molecule has 2 rings (SSSR count). The van der Waals surface area contributed by atoms with Crippen LogP contribution in [0.4, 0.5) is 0 Å². The first-order chi connectivity index (χ1) is 9.52. The van der Waals surface area contributed by atoms with Crippen LogP contribution in [-0.4, -0.2) is 16.7 Å². The van der Waals surface area contributed by atoms with Crippen molar-refractivity contribution in [2.24, 2.45) is 0 Å². The van der Waals surface area contributed by atoms with E-state index in [9.17, 15) is 5.11 Å². The Labute approximate surface area is 120 Å². The maximum atomic E-state index is 10.6. The molecule has 1 aromatic heterocycles. The third-order valence-electron chi connectivity index (χ3n) is 3.37. The van der Waals surface area contributed by atoms with Crippen LogP contribution in [0.25, 0.3) is 0 Å². The van der Waals surface area contributed by atoms with Gasteiger partial charge in [-0.1, -0.05) is 17.7 Å². The van der Waals surface area contributed by atoms with E-state index in [0.717, 1.165) is 22.3 Å². The first kappa shape index (κ1) is 14.5. The second-order valence-electron chi connectivity index (χ2n) is 5.10. The minimum absolute atomic E-state index is 0.587. The van der Waals surface area contributed by atoms with Gasteiger partial charge >= 0.3 is 0 Å². The van der Waals surface area contributed by atoms with E-state index in [4.69, 9.17) is 4.74 Å². The fourth-order valence-corrected chi connectivity index (χ4v) is 2.62. The van der Waals surface area contributed by atoms with Gasteiger partial charge in [0.1, 0.15) is 11.9 Å². The molecule has 106 valence electrons. The maximum Gasteiger partial charge on any atom is 0.137 e. The fraction of sp³-hybridized carbons (Fsp3) is 0.353. The largest absolute Gasteiger partial charge is 0.492 e. The average molecular weight is 271 g/mol. The van der Waals surface area contributed by atoms with E-state index in [1.54, 1.807) is 12.4 Å². The summed E-state index contributed by atoms with van der Waals surface area (Å²) in [7, 11) is 0. The first-order valence-corrected chi connectivity index (χ1v) is 6.86. The number of aliphatic hydroxyl groups is 1. The number of ether oxygens (including phenoxy) is 1. The van der Waals surface area contributed by atoms with Crippen molar-refractivity contribution in [2.45, 2.75) is 33.8 Å². The summed E-state index contributed by atoms with van der Waals surface area (Å²) < 4.78 is 5.44. The van der Waals surface area contributed by atoms with Crippen molar-refractivity contribution in [3.63, 3.8) is 0 Å². The van der Waals surface area contributed by atoms with E-state index in [0.29, 0.717) is 12.4 Å². The number of aliphatic hydroxyl groups excluding tert-OH is 1. The zero-order valence-corrected chi connectivity index (χ0v) is 12.5. The lowest BCUT2D eigenvalue weighted by Crippen LogP contribution is -2.06. The summed E-state index contributed by atoms with van der Waals surface area (Å²) in [4.78, 5) is 4.14. The number of aryl methyl sites for hydroxylation is 3. The minimum Gasteiger partial charge on any atom is -0.492 e. The lowest BCUT2D eigenvalue weighted by molar-refractivity contribution is 0.217. The molecule has 0 bridgehead atoms. The molecule has 3 nitrogen and oxygen atoms in total. The highest BCUT2D eigenvalue weighted by Crippen LogP contribution is 2.29. The third kappa shape index (κ3) is 2.99. The number of hydrogen-bond donors (Lipinski definition) is 1. The van der Waals surface area contributed by atoms with Gasteiger partial charge in [0.2, 0.25) is 0 Å². The second kappa shape index (κ2) is 6.06. The first-order valence-electron chi connectivity index (χ1n) is 6.86. The van der Waals surface area contributed by atoms with Crippen molar-refractivity contribution in [2.75, 3.05) is 6.61 Å². The standard InChI is InChI=1S/C17H21NO2/c1-5-20-15-8-14(9-18-10-15)17(19)16-12(3)6-11(2)7-13(16)4/h6-10,17,19H,5H2,1-4H3.